The first-order valence-electron chi connectivity index (χ1n) is 6.86. The lowest BCUT2D eigenvalue weighted by Gasteiger charge is -2.07. The molecule has 0 aromatic heterocycles. The summed E-state index contributed by atoms with van der Waals surface area (Å²) in [7, 11) is 0. The van der Waals surface area contributed by atoms with Crippen LogP contribution >= 0.6 is 0 Å². The van der Waals surface area contributed by atoms with Crippen LogP contribution in [0.15, 0.2) is 0 Å². The standard InChI is InChI=1S/C10H28N6.CH3NO2/c11-1-3-13-5-7-15-9-10-16-8-6-14-4-2-12;2-1(3)4/h13-16H,1-12H2;2H2,(H,3,4). The molecule has 0 aliphatic rings. The van der Waals surface area contributed by atoms with Gasteiger partial charge in [0.1, 0.15) is 0 Å². The molecule has 0 rings (SSSR count). The number of nitrogens with one attached hydrogen (secondary N) is 4. The van der Waals surface area contributed by atoms with Gasteiger partial charge in [-0.2, -0.15) is 0 Å². The van der Waals surface area contributed by atoms with Crippen molar-refractivity contribution in [2.45, 2.75) is 0 Å². The topological polar surface area (TPSA) is 163 Å². The van der Waals surface area contributed by atoms with E-state index >= 15 is 0 Å². The largest absolute Gasteiger partial charge is 0.465 e. The third-order valence-electron chi connectivity index (χ3n) is 2.08. The van der Waals surface area contributed by atoms with Gasteiger partial charge in [0.05, 0.1) is 0 Å². The number of amides is 1. The van der Waals surface area contributed by atoms with E-state index in [0.29, 0.717) is 13.1 Å². The van der Waals surface area contributed by atoms with Gasteiger partial charge in [0.25, 0.3) is 0 Å². The second-order valence-corrected chi connectivity index (χ2v) is 3.92. The van der Waals surface area contributed by atoms with Crippen molar-refractivity contribution in [2.24, 2.45) is 17.2 Å². The fourth-order valence-corrected chi connectivity index (χ4v) is 1.23. The Kier molecular flexibility index (Phi) is 21.7. The summed E-state index contributed by atoms with van der Waals surface area (Å²) in [5, 5.41) is 20.3. The Morgan fingerprint density at radius 2 is 0.900 bits per heavy atom. The molecule has 1 amide bonds. The molecule has 0 fully saturated rings. The van der Waals surface area contributed by atoms with Crippen LogP contribution in [-0.2, 0) is 0 Å². The number of rotatable bonds is 13. The fraction of sp³-hybridized carbons (Fsp3) is 0.909. The quantitative estimate of drug-likeness (QED) is 0.165. The van der Waals surface area contributed by atoms with E-state index < -0.39 is 6.09 Å². The zero-order valence-corrected chi connectivity index (χ0v) is 12.2. The minimum absolute atomic E-state index is 0.706. The first-order chi connectivity index (χ1) is 9.65. The van der Waals surface area contributed by atoms with E-state index in [1.54, 1.807) is 0 Å². The predicted octanol–water partition coefficient (Wildman–Crippen LogP) is -3.11. The van der Waals surface area contributed by atoms with Crippen LogP contribution in [0.2, 0.25) is 0 Å². The van der Waals surface area contributed by atoms with Crippen molar-refractivity contribution in [2.75, 3.05) is 65.4 Å². The lowest BCUT2D eigenvalue weighted by molar-refractivity contribution is 0.205. The smallest absolute Gasteiger partial charge is 0.402 e. The van der Waals surface area contributed by atoms with E-state index in [0.717, 1.165) is 52.4 Å². The van der Waals surface area contributed by atoms with Gasteiger partial charge in [-0.25, -0.2) is 4.79 Å². The second-order valence-electron chi connectivity index (χ2n) is 3.92. The van der Waals surface area contributed by atoms with Gasteiger partial charge < -0.3 is 43.6 Å². The van der Waals surface area contributed by atoms with E-state index in [9.17, 15) is 0 Å². The molecule has 0 bridgehead atoms. The van der Waals surface area contributed by atoms with Crippen LogP contribution in [0.1, 0.15) is 0 Å². The lowest BCUT2D eigenvalue weighted by atomic mass is 10.5. The van der Waals surface area contributed by atoms with Crippen LogP contribution in [0.25, 0.3) is 0 Å². The highest BCUT2D eigenvalue weighted by Gasteiger charge is 1.89. The molecule has 0 spiro atoms. The van der Waals surface area contributed by atoms with Gasteiger partial charge in [0, 0.05) is 65.4 Å². The predicted molar refractivity (Wildman–Crippen MR) is 81.8 cm³/mol. The van der Waals surface area contributed by atoms with Gasteiger partial charge >= 0.3 is 6.09 Å². The third-order valence-corrected chi connectivity index (χ3v) is 2.08. The molecule has 0 atom stereocenters. The molecule has 20 heavy (non-hydrogen) atoms. The maximum atomic E-state index is 8.78. The first-order valence-corrected chi connectivity index (χ1v) is 6.86. The molecule has 0 unspecified atom stereocenters. The van der Waals surface area contributed by atoms with E-state index in [1.807, 2.05) is 0 Å². The number of nitrogens with two attached hydrogens (primary N) is 3. The Bertz CT molecular complexity index is 178. The van der Waals surface area contributed by atoms with Gasteiger partial charge in [-0.1, -0.05) is 0 Å². The Morgan fingerprint density at radius 1 is 0.700 bits per heavy atom. The van der Waals surface area contributed by atoms with Gasteiger partial charge in [-0.05, 0) is 0 Å². The lowest BCUT2D eigenvalue weighted by Crippen LogP contribution is -2.36. The Morgan fingerprint density at radius 3 is 1.10 bits per heavy atom. The molecule has 0 aromatic carbocycles. The van der Waals surface area contributed by atoms with E-state index in [1.165, 1.54) is 0 Å². The molecule has 9 nitrogen and oxygen atoms in total. The molecule has 0 saturated carbocycles. The molecule has 0 radical (unpaired) electrons. The van der Waals surface area contributed by atoms with Crippen LogP contribution in [0.4, 0.5) is 4.79 Å². The van der Waals surface area contributed by atoms with Crippen LogP contribution in [-0.4, -0.2) is 76.6 Å². The Labute approximate surface area is 121 Å². The summed E-state index contributed by atoms with van der Waals surface area (Å²) in [6, 6.07) is 0. The molecule has 0 heterocycles. The van der Waals surface area contributed by atoms with Gasteiger partial charge in [0.2, 0.25) is 0 Å². The highest BCUT2D eigenvalue weighted by molar-refractivity contribution is 5.61. The van der Waals surface area contributed by atoms with Crippen LogP contribution in [0, 0.1) is 0 Å². The summed E-state index contributed by atoms with van der Waals surface area (Å²) < 4.78 is 0. The van der Waals surface area contributed by atoms with Crippen molar-refractivity contribution in [3.8, 4) is 0 Å². The zero-order chi connectivity index (χ0) is 15.5. The summed E-state index contributed by atoms with van der Waals surface area (Å²) in [5.41, 5.74) is 14.7. The molecule has 9 heteroatoms. The molecular weight excluding hydrogens is 262 g/mol. The molecule has 11 N–H and O–H groups in total. The average Bonchev–Trinajstić information content (AvgIpc) is 2.39. The molecule has 122 valence electrons. The summed E-state index contributed by atoms with van der Waals surface area (Å²) in [6.07, 6.45) is -1.33. The van der Waals surface area contributed by atoms with Crippen molar-refractivity contribution in [1.82, 2.24) is 21.3 Å². The maximum absolute atomic E-state index is 8.78. The highest BCUT2D eigenvalue weighted by atomic mass is 16.4. The first kappa shape index (κ1) is 21.3. The van der Waals surface area contributed by atoms with Crippen LogP contribution in [0.5, 0.6) is 0 Å². The minimum atomic E-state index is -1.33. The van der Waals surface area contributed by atoms with Gasteiger partial charge in [0.15, 0.2) is 0 Å². The van der Waals surface area contributed by atoms with Crippen LogP contribution in [0.3, 0.4) is 0 Å². The van der Waals surface area contributed by atoms with E-state index in [-0.39, 0.29) is 0 Å². The van der Waals surface area contributed by atoms with E-state index in [2.05, 4.69) is 27.0 Å². The molecular formula is C11H31N7O2. The second kappa shape index (κ2) is 20.3. The molecule has 0 aliphatic heterocycles. The molecule has 0 aromatic rings. The van der Waals surface area contributed by atoms with Crippen molar-refractivity contribution in [3.63, 3.8) is 0 Å². The average molecular weight is 293 g/mol. The number of carbonyl (C=O) groups is 1. The van der Waals surface area contributed by atoms with Gasteiger partial charge in [-0.15, -0.1) is 0 Å². The molecule has 0 aliphatic carbocycles. The van der Waals surface area contributed by atoms with E-state index in [4.69, 9.17) is 21.4 Å². The number of hydrogen-bond acceptors (Lipinski definition) is 7. The number of hydrogen-bond donors (Lipinski definition) is 8. The van der Waals surface area contributed by atoms with Crippen LogP contribution < -0.4 is 38.5 Å². The number of carboxylic acid groups (broad SMARTS) is 1. The molecule has 0 saturated heterocycles. The van der Waals surface area contributed by atoms with Crippen molar-refractivity contribution < 1.29 is 9.90 Å². The summed E-state index contributed by atoms with van der Waals surface area (Å²) >= 11 is 0. The monoisotopic (exact) mass is 293 g/mol. The SMILES string of the molecule is NC(=O)O.NCCNCCNCCNCCNCCN. The van der Waals surface area contributed by atoms with Crippen molar-refractivity contribution in [1.29, 1.82) is 0 Å². The highest BCUT2D eigenvalue weighted by Crippen LogP contribution is 1.62. The number of primary amides is 1. The minimum Gasteiger partial charge on any atom is -0.465 e. The van der Waals surface area contributed by atoms with Crippen molar-refractivity contribution in [3.05, 3.63) is 0 Å². The fourth-order valence-electron chi connectivity index (χ4n) is 1.23. The van der Waals surface area contributed by atoms with Gasteiger partial charge in [-0.3, -0.25) is 0 Å². The summed E-state index contributed by atoms with van der Waals surface area (Å²) in [4.78, 5) is 8.78. The Balaban J connectivity index is 0. The van der Waals surface area contributed by atoms with Crippen molar-refractivity contribution >= 4 is 6.09 Å². The summed E-state index contributed by atoms with van der Waals surface area (Å²) in [6.45, 7) is 9.15. The third kappa shape index (κ3) is 30.2. The Hall–Kier alpha value is -0.970. The maximum Gasteiger partial charge on any atom is 0.402 e. The summed E-state index contributed by atoms with van der Waals surface area (Å²) in [5.74, 6) is 0. The zero-order valence-electron chi connectivity index (χ0n) is 12.2. The normalized spacial score (nSPS) is 9.90.